The van der Waals surface area contributed by atoms with Crippen LogP contribution in [0.5, 0.6) is 0 Å². The maximum atomic E-state index is 12.1. The zero-order valence-corrected chi connectivity index (χ0v) is 12.5. The van der Waals surface area contributed by atoms with E-state index in [4.69, 9.17) is 0 Å². The molecule has 4 nitrogen and oxygen atoms in total. The van der Waals surface area contributed by atoms with Crippen molar-refractivity contribution in [3.05, 3.63) is 59.2 Å². The Kier molecular flexibility index (Phi) is 3.92. The van der Waals surface area contributed by atoms with Crippen LogP contribution in [-0.2, 0) is 22.4 Å². The van der Waals surface area contributed by atoms with E-state index in [0.29, 0.717) is 12.8 Å². The summed E-state index contributed by atoms with van der Waals surface area (Å²) in [7, 11) is 0. The first-order chi connectivity index (χ1) is 10.6. The molecule has 4 heteroatoms. The lowest BCUT2D eigenvalue weighted by atomic mass is 9.99. The van der Waals surface area contributed by atoms with Crippen molar-refractivity contribution in [3.8, 4) is 0 Å². The van der Waals surface area contributed by atoms with Gasteiger partial charge < -0.3 is 10.6 Å². The molecule has 3 rings (SSSR count). The average Bonchev–Trinajstić information content (AvgIpc) is 2.47. The number of anilines is 2. The monoisotopic (exact) mass is 294 g/mol. The molecular formula is C18H18N2O2. The predicted octanol–water partition coefficient (Wildman–Crippen LogP) is 3.06. The minimum Gasteiger partial charge on any atom is -0.326 e. The fourth-order valence-corrected chi connectivity index (χ4v) is 2.66. The first kappa shape index (κ1) is 14.3. The summed E-state index contributed by atoms with van der Waals surface area (Å²) in [5.74, 6) is 0.0165. The second kappa shape index (κ2) is 6.02. The van der Waals surface area contributed by atoms with Gasteiger partial charge in [0.2, 0.25) is 11.8 Å². The van der Waals surface area contributed by atoms with E-state index in [1.807, 2.05) is 49.4 Å². The van der Waals surface area contributed by atoms with Crippen LogP contribution in [0.25, 0.3) is 0 Å². The molecule has 2 aromatic carbocycles. The summed E-state index contributed by atoms with van der Waals surface area (Å²) in [5, 5.41) is 5.76. The van der Waals surface area contributed by atoms with E-state index >= 15 is 0 Å². The van der Waals surface area contributed by atoms with E-state index in [2.05, 4.69) is 10.6 Å². The molecule has 1 aliphatic heterocycles. The standard InChI is InChI=1S/C18H18N2O2/c1-12-3-2-4-15(9-12)19-18(22)11-13-5-7-16-14(10-13)6-8-17(21)20-16/h2-5,7,9-10H,6,8,11H2,1H3,(H,19,22)(H,20,21). The fourth-order valence-electron chi connectivity index (χ4n) is 2.66. The molecule has 2 aromatic rings. The molecule has 0 bridgehead atoms. The number of amides is 2. The second-order valence-corrected chi connectivity index (χ2v) is 5.63. The lowest BCUT2D eigenvalue weighted by Gasteiger charge is -2.17. The quantitative estimate of drug-likeness (QED) is 0.914. The number of hydrogen-bond acceptors (Lipinski definition) is 2. The van der Waals surface area contributed by atoms with Crippen molar-refractivity contribution < 1.29 is 9.59 Å². The SMILES string of the molecule is Cc1cccc(NC(=O)Cc2ccc3c(c2)CCC(=O)N3)c1. The van der Waals surface area contributed by atoms with Gasteiger partial charge in [-0.25, -0.2) is 0 Å². The summed E-state index contributed by atoms with van der Waals surface area (Å²) in [5.41, 5.74) is 4.84. The van der Waals surface area contributed by atoms with Crippen LogP contribution in [0.2, 0.25) is 0 Å². The topological polar surface area (TPSA) is 58.2 Å². The smallest absolute Gasteiger partial charge is 0.228 e. The summed E-state index contributed by atoms with van der Waals surface area (Å²) >= 11 is 0. The van der Waals surface area contributed by atoms with Crippen LogP contribution in [0.1, 0.15) is 23.1 Å². The predicted molar refractivity (Wildman–Crippen MR) is 86.9 cm³/mol. The molecule has 0 unspecified atom stereocenters. The first-order valence-electron chi connectivity index (χ1n) is 7.38. The van der Waals surface area contributed by atoms with Crippen LogP contribution >= 0.6 is 0 Å². The minimum absolute atomic E-state index is 0.0367. The zero-order valence-electron chi connectivity index (χ0n) is 12.5. The van der Waals surface area contributed by atoms with Crippen molar-refractivity contribution in [1.29, 1.82) is 0 Å². The number of nitrogens with one attached hydrogen (secondary N) is 2. The minimum atomic E-state index is -0.0367. The number of carbonyl (C=O) groups excluding carboxylic acids is 2. The van der Waals surface area contributed by atoms with Gasteiger partial charge in [-0.3, -0.25) is 9.59 Å². The number of hydrogen-bond donors (Lipinski definition) is 2. The third-order valence-corrected chi connectivity index (χ3v) is 3.73. The van der Waals surface area contributed by atoms with Gasteiger partial charge in [-0.05, 0) is 48.2 Å². The van der Waals surface area contributed by atoms with Crippen LogP contribution in [0.4, 0.5) is 11.4 Å². The van der Waals surface area contributed by atoms with Crippen molar-refractivity contribution in [2.45, 2.75) is 26.2 Å². The molecule has 2 N–H and O–H groups in total. The van der Waals surface area contributed by atoms with Gasteiger partial charge in [0, 0.05) is 17.8 Å². The number of carbonyl (C=O) groups is 2. The summed E-state index contributed by atoms with van der Waals surface area (Å²) < 4.78 is 0. The molecule has 0 atom stereocenters. The van der Waals surface area contributed by atoms with Gasteiger partial charge in [-0.2, -0.15) is 0 Å². The Labute approximate surface area is 129 Å². The van der Waals surface area contributed by atoms with Crippen molar-refractivity contribution in [1.82, 2.24) is 0 Å². The van der Waals surface area contributed by atoms with E-state index in [9.17, 15) is 9.59 Å². The Morgan fingerprint density at radius 3 is 2.86 bits per heavy atom. The van der Waals surface area contributed by atoms with Crippen LogP contribution in [0.3, 0.4) is 0 Å². The Balaban J connectivity index is 1.68. The molecule has 1 heterocycles. The highest BCUT2D eigenvalue weighted by atomic mass is 16.2. The third-order valence-electron chi connectivity index (χ3n) is 3.73. The fraction of sp³-hybridized carbons (Fsp3) is 0.222. The van der Waals surface area contributed by atoms with Crippen LogP contribution in [-0.4, -0.2) is 11.8 Å². The Bertz CT molecular complexity index is 738. The molecule has 2 amide bonds. The molecule has 0 saturated heterocycles. The van der Waals surface area contributed by atoms with Crippen molar-refractivity contribution in [2.75, 3.05) is 10.6 Å². The number of rotatable bonds is 3. The molecule has 112 valence electrons. The molecule has 0 aromatic heterocycles. The van der Waals surface area contributed by atoms with Crippen molar-refractivity contribution >= 4 is 23.2 Å². The highest BCUT2D eigenvalue weighted by Crippen LogP contribution is 2.24. The lowest BCUT2D eigenvalue weighted by molar-refractivity contribution is -0.117. The molecule has 0 spiro atoms. The number of benzene rings is 2. The molecule has 0 saturated carbocycles. The van der Waals surface area contributed by atoms with Gasteiger partial charge in [-0.1, -0.05) is 24.3 Å². The van der Waals surface area contributed by atoms with Crippen LogP contribution < -0.4 is 10.6 Å². The maximum absolute atomic E-state index is 12.1. The van der Waals surface area contributed by atoms with Gasteiger partial charge in [0.15, 0.2) is 0 Å². The largest absolute Gasteiger partial charge is 0.326 e. The Morgan fingerprint density at radius 2 is 2.05 bits per heavy atom. The van der Waals surface area contributed by atoms with Crippen LogP contribution in [0.15, 0.2) is 42.5 Å². The Hall–Kier alpha value is -2.62. The van der Waals surface area contributed by atoms with E-state index < -0.39 is 0 Å². The van der Waals surface area contributed by atoms with E-state index in [-0.39, 0.29) is 11.8 Å². The molecular weight excluding hydrogens is 276 g/mol. The number of fused-ring (bicyclic) bond motifs is 1. The third kappa shape index (κ3) is 3.34. The first-order valence-corrected chi connectivity index (χ1v) is 7.38. The molecule has 22 heavy (non-hydrogen) atoms. The summed E-state index contributed by atoms with van der Waals surface area (Å²) in [4.78, 5) is 23.5. The van der Waals surface area contributed by atoms with Gasteiger partial charge in [0.25, 0.3) is 0 Å². The van der Waals surface area contributed by atoms with E-state index in [0.717, 1.165) is 34.5 Å². The van der Waals surface area contributed by atoms with Crippen molar-refractivity contribution in [2.24, 2.45) is 0 Å². The highest BCUT2D eigenvalue weighted by molar-refractivity contribution is 5.95. The molecule has 0 fully saturated rings. The normalized spacial score (nSPS) is 13.2. The molecule has 0 radical (unpaired) electrons. The van der Waals surface area contributed by atoms with Gasteiger partial charge in [-0.15, -0.1) is 0 Å². The van der Waals surface area contributed by atoms with E-state index in [1.165, 1.54) is 0 Å². The van der Waals surface area contributed by atoms with Gasteiger partial charge in [0.05, 0.1) is 6.42 Å². The van der Waals surface area contributed by atoms with Gasteiger partial charge >= 0.3 is 0 Å². The lowest BCUT2D eigenvalue weighted by Crippen LogP contribution is -2.19. The number of aryl methyl sites for hydroxylation is 2. The van der Waals surface area contributed by atoms with Crippen LogP contribution in [0, 0.1) is 6.92 Å². The highest BCUT2D eigenvalue weighted by Gasteiger charge is 2.15. The van der Waals surface area contributed by atoms with Crippen molar-refractivity contribution in [3.63, 3.8) is 0 Å². The Morgan fingerprint density at radius 1 is 1.18 bits per heavy atom. The second-order valence-electron chi connectivity index (χ2n) is 5.63. The summed E-state index contributed by atoms with van der Waals surface area (Å²) in [6, 6.07) is 13.5. The zero-order chi connectivity index (χ0) is 15.5. The van der Waals surface area contributed by atoms with E-state index in [1.54, 1.807) is 0 Å². The van der Waals surface area contributed by atoms with Gasteiger partial charge in [0.1, 0.15) is 0 Å². The average molecular weight is 294 g/mol. The maximum Gasteiger partial charge on any atom is 0.228 e. The molecule has 1 aliphatic rings. The summed E-state index contributed by atoms with van der Waals surface area (Å²) in [6.07, 6.45) is 1.57. The molecule has 0 aliphatic carbocycles. The summed E-state index contributed by atoms with van der Waals surface area (Å²) in [6.45, 7) is 1.99.